The highest BCUT2D eigenvalue weighted by Gasteiger charge is 2.55. The van der Waals surface area contributed by atoms with Gasteiger partial charge >= 0.3 is 5.69 Å². The molecule has 0 saturated carbocycles. The van der Waals surface area contributed by atoms with Gasteiger partial charge in [-0.25, -0.2) is 9.59 Å². The van der Waals surface area contributed by atoms with Crippen LogP contribution in [-0.2, 0) is 22.3 Å². The molecule has 0 spiro atoms. The maximum Gasteiger partial charge on any atom is 0.330 e. The minimum atomic E-state index is -2.32. The number of hydrogen-bond donors (Lipinski definition) is 1. The summed E-state index contributed by atoms with van der Waals surface area (Å²) >= 11 is 0.774. The van der Waals surface area contributed by atoms with E-state index >= 15 is 0 Å². The molecule has 0 amide bonds. The maximum atomic E-state index is 12.1. The zero-order valence-corrected chi connectivity index (χ0v) is 17.5. The first-order valence-electron chi connectivity index (χ1n) is 8.45. The number of fused-ring (bicyclic) bond motifs is 1. The summed E-state index contributed by atoms with van der Waals surface area (Å²) in [5, 5.41) is -0.135. The molecule has 1 N–H and O–H groups in total. The van der Waals surface area contributed by atoms with Gasteiger partial charge < -0.3 is 9.16 Å². The average molecular weight is 415 g/mol. The van der Waals surface area contributed by atoms with Crippen molar-refractivity contribution >= 4 is 26.6 Å². The summed E-state index contributed by atoms with van der Waals surface area (Å²) in [6.45, 7) is 10.2. The summed E-state index contributed by atoms with van der Waals surface area (Å²) in [6.07, 6.45) is -1.75. The van der Waals surface area contributed by atoms with E-state index in [1.54, 1.807) is 0 Å². The Bertz CT molecular complexity index is 884. The van der Waals surface area contributed by atoms with Crippen LogP contribution in [0.3, 0.4) is 0 Å². The van der Waals surface area contributed by atoms with Gasteiger partial charge in [-0.3, -0.25) is 22.7 Å². The molecule has 11 heteroatoms. The summed E-state index contributed by atoms with van der Waals surface area (Å²) in [6, 6.07) is 1.21. The topological polar surface area (TPSA) is 109 Å². The second-order valence-corrected chi connectivity index (χ2v) is 13.2. The molecule has 0 aliphatic carbocycles. The van der Waals surface area contributed by atoms with Crippen LogP contribution in [0.5, 0.6) is 0 Å². The first-order valence-corrected chi connectivity index (χ1v) is 12.0. The number of nitrogens with one attached hydrogen (secondary N) is 1. The molecule has 0 aromatic carbocycles. The molecule has 27 heavy (non-hydrogen) atoms. The molecule has 148 valence electrons. The number of nitrogens with zero attached hydrogens (tertiary/aromatic N) is 1. The van der Waals surface area contributed by atoms with Crippen molar-refractivity contribution < 1.29 is 22.3 Å². The van der Waals surface area contributed by atoms with Gasteiger partial charge in [0.2, 0.25) is 0 Å². The Kier molecular flexibility index (Phi) is 5.28. The normalized spacial score (nSPS) is 27.9. The highest BCUT2D eigenvalue weighted by molar-refractivity contribution is 7.90. The summed E-state index contributed by atoms with van der Waals surface area (Å²) in [7, 11) is -2.32. The van der Waals surface area contributed by atoms with E-state index in [9.17, 15) is 14.4 Å². The summed E-state index contributed by atoms with van der Waals surface area (Å²) in [5.41, 5.74) is -1.16. The van der Waals surface area contributed by atoms with Crippen molar-refractivity contribution in [3.05, 3.63) is 38.9 Å². The number of hydrogen-bond acceptors (Lipinski definition) is 8. The summed E-state index contributed by atoms with van der Waals surface area (Å²) in [5.74, 6) is 1.85. The van der Waals surface area contributed by atoms with E-state index in [4.69, 9.17) is 17.5 Å². The fraction of sp³-hybridized carbons (Fsp3) is 0.625. The second-order valence-electron chi connectivity index (χ2n) is 7.98. The lowest BCUT2D eigenvalue weighted by atomic mass is 10.1. The van der Waals surface area contributed by atoms with Crippen LogP contribution >= 0.6 is 12.3 Å². The molecule has 0 bridgehead atoms. The standard InChI is InChI=1S/C16H22N2O7SSi/c1-16(2,3)27(4,5)25-9(8-19)11-12-13(24-26-23-12)14(22-11)18-7-6-10(20)17-15(18)21/h6-7,11-14H,1-5H3,(H,17,20,21)/t11-,12-,13-,14-/m1/s1. The average Bonchev–Trinajstić information content (AvgIpc) is 3.14. The Labute approximate surface area is 161 Å². The second kappa shape index (κ2) is 7.08. The predicted molar refractivity (Wildman–Crippen MR) is 100 cm³/mol. The van der Waals surface area contributed by atoms with E-state index in [1.165, 1.54) is 16.8 Å². The number of carbonyl (C=O) groups excluding carboxylic acids is 1. The van der Waals surface area contributed by atoms with Gasteiger partial charge in [0.25, 0.3) is 13.9 Å². The molecular formula is C16H22N2O7SSi. The van der Waals surface area contributed by atoms with Crippen molar-refractivity contribution in [2.75, 3.05) is 0 Å². The zero-order valence-electron chi connectivity index (χ0n) is 15.7. The van der Waals surface area contributed by atoms with Gasteiger partial charge in [0.15, 0.2) is 42.5 Å². The van der Waals surface area contributed by atoms with E-state index in [0.717, 1.165) is 12.3 Å². The maximum absolute atomic E-state index is 12.1. The molecule has 2 aliphatic heterocycles. The van der Waals surface area contributed by atoms with Crippen molar-refractivity contribution in [1.29, 1.82) is 0 Å². The minimum Gasteiger partial charge on any atom is -0.537 e. The molecule has 3 heterocycles. The van der Waals surface area contributed by atoms with Gasteiger partial charge in [0.1, 0.15) is 6.10 Å². The Morgan fingerprint density at radius 2 is 1.96 bits per heavy atom. The van der Waals surface area contributed by atoms with Crippen LogP contribution in [0.15, 0.2) is 27.6 Å². The number of rotatable bonds is 4. The van der Waals surface area contributed by atoms with Crippen LogP contribution in [0.25, 0.3) is 0 Å². The number of H-pyrrole nitrogens is 1. The van der Waals surface area contributed by atoms with Crippen molar-refractivity contribution in [2.45, 2.75) is 63.4 Å². The lowest BCUT2D eigenvalue weighted by Gasteiger charge is -2.37. The van der Waals surface area contributed by atoms with Crippen LogP contribution < -0.4 is 11.2 Å². The van der Waals surface area contributed by atoms with Crippen molar-refractivity contribution in [3.8, 4) is 0 Å². The van der Waals surface area contributed by atoms with E-state index in [2.05, 4.69) is 4.98 Å². The molecule has 0 unspecified atom stereocenters. The molecule has 9 nitrogen and oxygen atoms in total. The molecule has 2 saturated heterocycles. The highest BCUT2D eigenvalue weighted by Crippen LogP contribution is 2.45. The van der Waals surface area contributed by atoms with Crippen molar-refractivity contribution in [1.82, 2.24) is 9.55 Å². The van der Waals surface area contributed by atoms with Gasteiger partial charge in [-0.2, -0.15) is 0 Å². The smallest absolute Gasteiger partial charge is 0.330 e. The van der Waals surface area contributed by atoms with Crippen LogP contribution in [0.4, 0.5) is 0 Å². The highest BCUT2D eigenvalue weighted by atomic mass is 32.2. The SMILES string of the molecule is CC(C)(C)[Si](C)(C)OC(=C=O)[C@H]1O[C@@H](n2ccc(=O)[nH]c2=O)[C@@H]2OSO[C@@H]21. The third kappa shape index (κ3) is 3.71. The van der Waals surface area contributed by atoms with E-state index in [-0.39, 0.29) is 10.8 Å². The Morgan fingerprint density at radius 1 is 1.30 bits per heavy atom. The molecule has 1 aromatic rings. The largest absolute Gasteiger partial charge is 0.537 e. The molecule has 2 aliphatic rings. The van der Waals surface area contributed by atoms with Crippen molar-refractivity contribution in [2.24, 2.45) is 0 Å². The molecular weight excluding hydrogens is 392 g/mol. The van der Waals surface area contributed by atoms with Gasteiger partial charge in [0.05, 0.1) is 0 Å². The Morgan fingerprint density at radius 3 is 2.56 bits per heavy atom. The number of aromatic amines is 1. The van der Waals surface area contributed by atoms with E-state index in [1.807, 2.05) is 39.8 Å². The van der Waals surface area contributed by atoms with E-state index in [0.29, 0.717) is 0 Å². The molecule has 3 rings (SSSR count). The molecule has 4 atom stereocenters. The number of aromatic nitrogens is 2. The molecule has 2 fully saturated rings. The van der Waals surface area contributed by atoms with Gasteiger partial charge in [0, 0.05) is 12.3 Å². The summed E-state index contributed by atoms with van der Waals surface area (Å²) < 4.78 is 24.2. The fourth-order valence-electron chi connectivity index (χ4n) is 2.59. The molecule has 0 radical (unpaired) electrons. The van der Waals surface area contributed by atoms with Crippen LogP contribution in [0.2, 0.25) is 18.1 Å². The lowest BCUT2D eigenvalue weighted by molar-refractivity contribution is -0.0328. The summed E-state index contributed by atoms with van der Waals surface area (Å²) in [4.78, 5) is 37.3. The lowest BCUT2D eigenvalue weighted by Crippen LogP contribution is -2.43. The quantitative estimate of drug-likeness (QED) is 0.342. The van der Waals surface area contributed by atoms with Gasteiger partial charge in [-0.05, 0) is 18.1 Å². The monoisotopic (exact) mass is 414 g/mol. The third-order valence-corrected chi connectivity index (χ3v) is 10.1. The first-order chi connectivity index (χ1) is 12.5. The van der Waals surface area contributed by atoms with Gasteiger partial charge in [-0.1, -0.05) is 20.8 Å². The zero-order chi connectivity index (χ0) is 20.0. The van der Waals surface area contributed by atoms with E-state index < -0.39 is 44.1 Å². The third-order valence-electron chi connectivity index (χ3n) is 5.15. The van der Waals surface area contributed by atoms with Crippen LogP contribution in [0.1, 0.15) is 27.0 Å². The van der Waals surface area contributed by atoms with Crippen LogP contribution in [0, 0.1) is 0 Å². The minimum absolute atomic E-state index is 0.00247. The fourth-order valence-corrected chi connectivity index (χ4v) is 4.24. The predicted octanol–water partition coefficient (Wildman–Crippen LogP) is 1.52. The van der Waals surface area contributed by atoms with Crippen LogP contribution in [-0.4, -0.2) is 42.1 Å². The van der Waals surface area contributed by atoms with Crippen molar-refractivity contribution in [3.63, 3.8) is 0 Å². The number of ether oxygens (including phenoxy) is 1. The molecule has 1 aromatic heterocycles. The Hall–Kier alpha value is -1.62. The first kappa shape index (κ1) is 20.1. The van der Waals surface area contributed by atoms with Gasteiger partial charge in [-0.15, -0.1) is 0 Å². The Balaban J connectivity index is 1.92.